The van der Waals surface area contributed by atoms with Crippen LogP contribution >= 0.6 is 23.2 Å². The number of benzene rings is 2. The summed E-state index contributed by atoms with van der Waals surface area (Å²) >= 11 is 10.8. The molecule has 0 spiro atoms. The average Bonchev–Trinajstić information content (AvgIpc) is 2.39. The van der Waals surface area contributed by atoms with E-state index in [1.54, 1.807) is 42.5 Å². The molecule has 0 saturated carbocycles. The Bertz CT molecular complexity index is 603. The summed E-state index contributed by atoms with van der Waals surface area (Å²) in [6, 6.07) is 13.8. The fourth-order valence-electron chi connectivity index (χ4n) is 1.61. The zero-order valence-corrected chi connectivity index (χ0v) is 10.7. The van der Waals surface area contributed by atoms with Crippen LogP contribution in [0.5, 0.6) is 0 Å². The lowest BCUT2D eigenvalue weighted by molar-refractivity contribution is 0.107. The average molecular weight is 279 g/mol. The fraction of sp³-hybridized carbons (Fsp3) is 0. The van der Waals surface area contributed by atoms with Crippen LogP contribution in [0.3, 0.4) is 0 Å². The van der Waals surface area contributed by atoms with E-state index in [1.165, 1.54) is 0 Å². The van der Waals surface area contributed by atoms with Gasteiger partial charge in [-0.3, -0.25) is 9.59 Å². The summed E-state index contributed by atoms with van der Waals surface area (Å²) in [4.78, 5) is 22.0. The first kappa shape index (κ1) is 12.8. The van der Waals surface area contributed by atoms with Crippen LogP contribution in [0.15, 0.2) is 48.5 Å². The summed E-state index contributed by atoms with van der Waals surface area (Å²) in [5.74, 6) is 0. The van der Waals surface area contributed by atoms with E-state index in [0.717, 1.165) is 11.1 Å². The predicted octanol–water partition coefficient (Wildman–Crippen LogP) is 4.11. The van der Waals surface area contributed by atoms with Gasteiger partial charge in [0.05, 0.1) is 0 Å². The Balaban J connectivity index is 2.39. The van der Waals surface area contributed by atoms with Crippen LogP contribution in [-0.4, -0.2) is 10.5 Å². The van der Waals surface area contributed by atoms with Crippen LogP contribution in [0.2, 0.25) is 0 Å². The second kappa shape index (κ2) is 5.34. The van der Waals surface area contributed by atoms with Gasteiger partial charge in [0.25, 0.3) is 10.5 Å². The number of carbonyl (C=O) groups excluding carboxylic acids is 2. The number of hydrogen-bond donors (Lipinski definition) is 0. The monoisotopic (exact) mass is 278 g/mol. The van der Waals surface area contributed by atoms with Gasteiger partial charge in [0.15, 0.2) is 0 Å². The quantitative estimate of drug-likeness (QED) is 0.792. The Morgan fingerprint density at radius 3 is 1.89 bits per heavy atom. The molecule has 0 heterocycles. The molecule has 0 aliphatic heterocycles. The maximum atomic E-state index is 11.1. The largest absolute Gasteiger partial charge is 0.276 e. The van der Waals surface area contributed by atoms with Crippen molar-refractivity contribution in [2.24, 2.45) is 0 Å². The minimum atomic E-state index is -0.496. The van der Waals surface area contributed by atoms with Gasteiger partial charge >= 0.3 is 0 Å². The van der Waals surface area contributed by atoms with Gasteiger partial charge in [-0.05, 0) is 52.5 Å². The van der Waals surface area contributed by atoms with E-state index in [2.05, 4.69) is 0 Å². The molecule has 0 unspecified atom stereocenters. The van der Waals surface area contributed by atoms with Crippen molar-refractivity contribution in [3.63, 3.8) is 0 Å². The highest BCUT2D eigenvalue weighted by atomic mass is 35.5. The molecule has 4 heteroatoms. The first-order valence-electron chi connectivity index (χ1n) is 5.18. The van der Waals surface area contributed by atoms with Crippen LogP contribution < -0.4 is 0 Å². The van der Waals surface area contributed by atoms with E-state index >= 15 is 0 Å². The molecule has 2 aromatic carbocycles. The van der Waals surface area contributed by atoms with Gasteiger partial charge in [0, 0.05) is 11.1 Å². The van der Waals surface area contributed by atoms with E-state index in [0.29, 0.717) is 11.1 Å². The minimum Gasteiger partial charge on any atom is -0.276 e. The van der Waals surface area contributed by atoms with Crippen molar-refractivity contribution in [2.75, 3.05) is 0 Å². The summed E-state index contributed by atoms with van der Waals surface area (Å²) < 4.78 is 0. The smallest absolute Gasteiger partial charge is 0.252 e. The molecule has 0 N–H and O–H groups in total. The molecule has 0 aliphatic rings. The third-order valence-corrected chi connectivity index (χ3v) is 2.97. The van der Waals surface area contributed by atoms with Crippen molar-refractivity contribution in [3.8, 4) is 11.1 Å². The highest BCUT2D eigenvalue weighted by Gasteiger charge is 2.05. The fourth-order valence-corrected chi connectivity index (χ4v) is 1.86. The van der Waals surface area contributed by atoms with Crippen molar-refractivity contribution in [1.29, 1.82) is 0 Å². The number of rotatable bonds is 3. The Morgan fingerprint density at radius 2 is 1.33 bits per heavy atom. The number of carbonyl (C=O) groups is 2. The normalized spacial score (nSPS) is 10.1. The Labute approximate surface area is 114 Å². The van der Waals surface area contributed by atoms with Crippen molar-refractivity contribution in [1.82, 2.24) is 0 Å². The Hall–Kier alpha value is -1.64. The first-order valence-corrected chi connectivity index (χ1v) is 5.93. The third kappa shape index (κ3) is 2.78. The Kier molecular flexibility index (Phi) is 3.80. The van der Waals surface area contributed by atoms with Crippen LogP contribution in [0, 0.1) is 0 Å². The van der Waals surface area contributed by atoms with Crippen molar-refractivity contribution in [3.05, 3.63) is 59.7 Å². The highest BCUT2D eigenvalue weighted by molar-refractivity contribution is 6.68. The van der Waals surface area contributed by atoms with Gasteiger partial charge in [-0.1, -0.05) is 30.3 Å². The molecule has 2 rings (SSSR count). The second-order valence-electron chi connectivity index (χ2n) is 3.71. The molecule has 90 valence electrons. The first-order chi connectivity index (χ1) is 8.58. The maximum absolute atomic E-state index is 11.1. The molecular weight excluding hydrogens is 271 g/mol. The summed E-state index contributed by atoms with van der Waals surface area (Å²) in [5, 5.41) is -0.990. The van der Waals surface area contributed by atoms with Crippen molar-refractivity contribution < 1.29 is 9.59 Å². The molecule has 0 aliphatic carbocycles. The molecule has 0 saturated heterocycles. The van der Waals surface area contributed by atoms with Crippen LogP contribution in [0.4, 0.5) is 0 Å². The van der Waals surface area contributed by atoms with E-state index in [9.17, 15) is 9.59 Å². The third-order valence-electron chi connectivity index (χ3n) is 2.53. The van der Waals surface area contributed by atoms with Gasteiger partial charge < -0.3 is 0 Å². The molecular formula is C14H8Cl2O2. The summed E-state index contributed by atoms with van der Waals surface area (Å²) in [7, 11) is 0. The molecule has 2 nitrogen and oxygen atoms in total. The lowest BCUT2D eigenvalue weighted by Crippen LogP contribution is -1.90. The zero-order valence-electron chi connectivity index (χ0n) is 9.19. The molecule has 0 amide bonds. The van der Waals surface area contributed by atoms with Crippen molar-refractivity contribution >= 4 is 33.7 Å². The Morgan fingerprint density at radius 1 is 0.722 bits per heavy atom. The lowest BCUT2D eigenvalue weighted by Gasteiger charge is -2.03. The minimum absolute atomic E-state index is 0.435. The second-order valence-corrected chi connectivity index (χ2v) is 4.39. The number of halogens is 2. The molecule has 0 aromatic heterocycles. The van der Waals surface area contributed by atoms with Crippen molar-refractivity contribution in [2.45, 2.75) is 0 Å². The van der Waals surface area contributed by atoms with Crippen LogP contribution in [0.1, 0.15) is 20.7 Å². The van der Waals surface area contributed by atoms with E-state index in [4.69, 9.17) is 23.2 Å². The van der Waals surface area contributed by atoms with Gasteiger partial charge in [0.2, 0.25) is 0 Å². The van der Waals surface area contributed by atoms with Gasteiger partial charge in [-0.2, -0.15) is 0 Å². The molecule has 0 fully saturated rings. The van der Waals surface area contributed by atoms with E-state index in [1.807, 2.05) is 6.07 Å². The van der Waals surface area contributed by atoms with Gasteiger partial charge in [0.1, 0.15) is 0 Å². The maximum Gasteiger partial charge on any atom is 0.252 e. The molecule has 0 bridgehead atoms. The van der Waals surface area contributed by atoms with E-state index in [-0.39, 0.29) is 0 Å². The van der Waals surface area contributed by atoms with E-state index < -0.39 is 10.5 Å². The van der Waals surface area contributed by atoms with Crippen LogP contribution in [0.25, 0.3) is 11.1 Å². The summed E-state index contributed by atoms with van der Waals surface area (Å²) in [6.45, 7) is 0. The molecule has 18 heavy (non-hydrogen) atoms. The molecule has 0 atom stereocenters. The highest BCUT2D eigenvalue weighted by Crippen LogP contribution is 2.22. The van der Waals surface area contributed by atoms with Crippen LogP contribution in [-0.2, 0) is 0 Å². The van der Waals surface area contributed by atoms with Gasteiger partial charge in [-0.15, -0.1) is 0 Å². The molecule has 0 radical (unpaired) electrons. The zero-order chi connectivity index (χ0) is 13.1. The standard InChI is InChI=1S/C14H8Cl2O2/c15-13(17)10-6-4-9(5-7-10)11-2-1-3-12(8-11)14(16)18/h1-8H. The SMILES string of the molecule is O=C(Cl)c1ccc(-c2cccc(C(=O)Cl)c2)cc1. The summed E-state index contributed by atoms with van der Waals surface area (Å²) in [6.07, 6.45) is 0. The lowest BCUT2D eigenvalue weighted by atomic mass is 10.0. The molecule has 2 aromatic rings. The topological polar surface area (TPSA) is 34.1 Å². The number of hydrogen-bond acceptors (Lipinski definition) is 2. The van der Waals surface area contributed by atoms with Gasteiger partial charge in [-0.25, -0.2) is 0 Å². The summed E-state index contributed by atoms with van der Waals surface area (Å²) in [5.41, 5.74) is 2.61. The predicted molar refractivity (Wildman–Crippen MR) is 72.2 cm³/mol.